The molecule has 1 unspecified atom stereocenters. The van der Waals surface area contributed by atoms with Crippen molar-refractivity contribution in [3.05, 3.63) is 54.4 Å². The van der Waals surface area contributed by atoms with Crippen LogP contribution in [0.2, 0.25) is 0 Å². The lowest BCUT2D eigenvalue weighted by atomic mass is 9.97. The smallest absolute Gasteiger partial charge is 0.144 e. The summed E-state index contributed by atoms with van der Waals surface area (Å²) in [5, 5.41) is 1.16. The third-order valence-electron chi connectivity index (χ3n) is 5.71. The van der Waals surface area contributed by atoms with Gasteiger partial charge in [0.15, 0.2) is 0 Å². The number of piperazine rings is 1. The van der Waals surface area contributed by atoms with Gasteiger partial charge in [-0.25, -0.2) is 4.98 Å². The fraction of sp³-hybridized carbons (Fsp3) is 0.381. The summed E-state index contributed by atoms with van der Waals surface area (Å²) in [7, 11) is 2.21. The molecule has 1 fully saturated rings. The molecule has 134 valence electrons. The lowest BCUT2D eigenvalue weighted by Gasteiger charge is -2.40. The first-order chi connectivity index (χ1) is 12.8. The van der Waals surface area contributed by atoms with Gasteiger partial charge in [0.1, 0.15) is 11.4 Å². The molecule has 26 heavy (non-hydrogen) atoms. The van der Waals surface area contributed by atoms with E-state index in [9.17, 15) is 0 Å². The number of rotatable bonds is 2. The number of nitrogens with zero attached hydrogens (tertiary/aromatic N) is 4. The van der Waals surface area contributed by atoms with E-state index in [1.165, 1.54) is 5.56 Å². The molecule has 0 aliphatic carbocycles. The van der Waals surface area contributed by atoms with Crippen molar-refractivity contribution < 1.29 is 4.74 Å². The molecule has 2 aliphatic heterocycles. The molecule has 2 aromatic heterocycles. The minimum Gasteiger partial charge on any atom is -0.493 e. The van der Waals surface area contributed by atoms with E-state index < -0.39 is 0 Å². The van der Waals surface area contributed by atoms with Crippen LogP contribution in [0.15, 0.2) is 48.8 Å². The second kappa shape index (κ2) is 6.41. The highest BCUT2D eigenvalue weighted by molar-refractivity contribution is 5.78. The molecule has 1 atom stereocenters. The summed E-state index contributed by atoms with van der Waals surface area (Å²) in [5.74, 6) is 1.04. The number of hydrogen-bond donors (Lipinski definition) is 0. The highest BCUT2D eigenvalue weighted by Gasteiger charge is 2.29. The Balaban J connectivity index is 1.54. The van der Waals surface area contributed by atoms with Crippen molar-refractivity contribution in [1.82, 2.24) is 19.4 Å². The first-order valence-corrected chi connectivity index (χ1v) is 9.41. The molecule has 0 radical (unpaired) electrons. The largest absolute Gasteiger partial charge is 0.493 e. The SMILES string of the molecule is CN1CCN(C2CCOc3ccc(-n4ccc5cccnc54)cc32)CC1. The van der Waals surface area contributed by atoms with Crippen molar-refractivity contribution in [2.45, 2.75) is 12.5 Å². The van der Waals surface area contributed by atoms with Crippen LogP contribution in [-0.2, 0) is 0 Å². The molecule has 5 rings (SSSR count). The molecule has 1 aromatic carbocycles. The molecule has 5 nitrogen and oxygen atoms in total. The second-order valence-electron chi connectivity index (χ2n) is 7.32. The van der Waals surface area contributed by atoms with Crippen molar-refractivity contribution >= 4 is 11.0 Å². The summed E-state index contributed by atoms with van der Waals surface area (Å²) in [6, 6.07) is 13.2. The molecular weight excluding hydrogens is 324 g/mol. The van der Waals surface area contributed by atoms with Crippen LogP contribution in [0.25, 0.3) is 16.7 Å². The van der Waals surface area contributed by atoms with Crippen LogP contribution in [0.5, 0.6) is 5.75 Å². The number of likely N-dealkylation sites (N-methyl/N-ethyl adjacent to an activating group) is 1. The molecule has 5 heteroatoms. The molecule has 0 saturated carbocycles. The van der Waals surface area contributed by atoms with E-state index in [-0.39, 0.29) is 0 Å². The standard InChI is InChI=1S/C21H24N4O/c1-23-10-12-24(13-11-23)19-7-14-26-20-5-4-17(15-18(19)20)25-9-6-16-3-2-8-22-21(16)25/h2-6,8-9,15,19H,7,10-14H2,1H3. The number of pyridine rings is 1. The van der Waals surface area contributed by atoms with Gasteiger partial charge in [0, 0.05) is 67.7 Å². The van der Waals surface area contributed by atoms with Gasteiger partial charge in [-0.05, 0) is 43.4 Å². The molecule has 2 aliphatic rings. The molecular formula is C21H24N4O. The first-order valence-electron chi connectivity index (χ1n) is 9.41. The molecule has 0 amide bonds. The maximum Gasteiger partial charge on any atom is 0.144 e. The molecule has 3 aromatic rings. The normalized spacial score (nSPS) is 21.5. The Morgan fingerprint density at radius 1 is 1.08 bits per heavy atom. The minimum atomic E-state index is 0.446. The number of ether oxygens (including phenoxy) is 1. The summed E-state index contributed by atoms with van der Waals surface area (Å²) >= 11 is 0. The Kier molecular flexibility index (Phi) is 3.91. The zero-order valence-electron chi connectivity index (χ0n) is 15.1. The second-order valence-corrected chi connectivity index (χ2v) is 7.32. The molecule has 4 heterocycles. The van der Waals surface area contributed by atoms with Crippen LogP contribution in [-0.4, -0.2) is 59.2 Å². The average Bonchev–Trinajstić information content (AvgIpc) is 3.12. The van der Waals surface area contributed by atoms with Gasteiger partial charge in [-0.1, -0.05) is 0 Å². The van der Waals surface area contributed by atoms with Gasteiger partial charge >= 0.3 is 0 Å². The Morgan fingerprint density at radius 2 is 1.96 bits per heavy atom. The molecule has 1 saturated heterocycles. The number of aromatic nitrogens is 2. The Hall–Kier alpha value is -2.37. The van der Waals surface area contributed by atoms with Gasteiger partial charge in [-0.15, -0.1) is 0 Å². The van der Waals surface area contributed by atoms with Crippen molar-refractivity contribution in [2.75, 3.05) is 39.8 Å². The van der Waals surface area contributed by atoms with E-state index >= 15 is 0 Å². The molecule has 0 bridgehead atoms. The van der Waals surface area contributed by atoms with Crippen LogP contribution < -0.4 is 4.74 Å². The van der Waals surface area contributed by atoms with Gasteiger partial charge in [-0.2, -0.15) is 0 Å². The lowest BCUT2D eigenvalue weighted by molar-refractivity contribution is 0.0856. The number of fused-ring (bicyclic) bond motifs is 2. The maximum atomic E-state index is 5.96. The number of hydrogen-bond acceptors (Lipinski definition) is 4. The predicted molar refractivity (Wildman–Crippen MR) is 103 cm³/mol. The van der Waals surface area contributed by atoms with Crippen molar-refractivity contribution in [2.24, 2.45) is 0 Å². The van der Waals surface area contributed by atoms with E-state index in [1.807, 2.05) is 12.3 Å². The Morgan fingerprint density at radius 3 is 2.85 bits per heavy atom. The predicted octanol–water partition coefficient (Wildman–Crippen LogP) is 3.10. The third-order valence-corrected chi connectivity index (χ3v) is 5.71. The fourth-order valence-electron chi connectivity index (χ4n) is 4.20. The van der Waals surface area contributed by atoms with Gasteiger partial charge in [-0.3, -0.25) is 4.90 Å². The van der Waals surface area contributed by atoms with Crippen LogP contribution in [0.1, 0.15) is 18.0 Å². The van der Waals surface area contributed by atoms with Crippen molar-refractivity contribution in [3.63, 3.8) is 0 Å². The van der Waals surface area contributed by atoms with Crippen molar-refractivity contribution in [1.29, 1.82) is 0 Å². The molecule has 0 spiro atoms. The Bertz CT molecular complexity index is 927. The van der Waals surface area contributed by atoms with E-state index in [0.29, 0.717) is 6.04 Å². The van der Waals surface area contributed by atoms with E-state index in [1.54, 1.807) is 0 Å². The monoisotopic (exact) mass is 348 g/mol. The summed E-state index contributed by atoms with van der Waals surface area (Å²) in [6.45, 7) is 5.33. The fourth-order valence-corrected chi connectivity index (χ4v) is 4.20. The maximum absolute atomic E-state index is 5.96. The lowest BCUT2D eigenvalue weighted by Crippen LogP contribution is -2.46. The van der Waals surface area contributed by atoms with Gasteiger partial charge in [0.25, 0.3) is 0 Å². The first kappa shape index (κ1) is 15.9. The van der Waals surface area contributed by atoms with Gasteiger partial charge in [0.2, 0.25) is 0 Å². The summed E-state index contributed by atoms with van der Waals surface area (Å²) in [6.07, 6.45) is 5.02. The van der Waals surface area contributed by atoms with Gasteiger partial charge < -0.3 is 14.2 Å². The number of benzene rings is 1. The summed E-state index contributed by atoms with van der Waals surface area (Å²) in [4.78, 5) is 9.59. The highest BCUT2D eigenvalue weighted by atomic mass is 16.5. The van der Waals surface area contributed by atoms with Crippen molar-refractivity contribution in [3.8, 4) is 11.4 Å². The Labute approximate surface area is 153 Å². The zero-order chi connectivity index (χ0) is 17.5. The van der Waals surface area contributed by atoms with Gasteiger partial charge in [0.05, 0.1) is 6.61 Å². The van der Waals surface area contributed by atoms with Crippen LogP contribution in [0.3, 0.4) is 0 Å². The van der Waals surface area contributed by atoms with Crippen LogP contribution in [0.4, 0.5) is 0 Å². The summed E-state index contributed by atoms with van der Waals surface area (Å²) in [5.41, 5.74) is 3.47. The van der Waals surface area contributed by atoms with E-state index in [4.69, 9.17) is 4.74 Å². The third kappa shape index (κ3) is 2.68. The molecule has 0 N–H and O–H groups in total. The average molecular weight is 348 g/mol. The highest BCUT2D eigenvalue weighted by Crippen LogP contribution is 2.38. The van der Waals surface area contributed by atoms with E-state index in [0.717, 1.165) is 61.7 Å². The topological polar surface area (TPSA) is 33.5 Å². The summed E-state index contributed by atoms with van der Waals surface area (Å²) < 4.78 is 8.14. The zero-order valence-corrected chi connectivity index (χ0v) is 15.1. The quantitative estimate of drug-likeness (QED) is 0.713. The van der Waals surface area contributed by atoms with E-state index in [2.05, 4.69) is 62.9 Å². The minimum absolute atomic E-state index is 0.446. The van der Waals surface area contributed by atoms with Crippen LogP contribution >= 0.6 is 0 Å². The van der Waals surface area contributed by atoms with Crippen LogP contribution in [0, 0.1) is 0 Å².